The fourth-order valence-electron chi connectivity index (χ4n) is 1.59. The fraction of sp³-hybridized carbons (Fsp3) is 0.273. The van der Waals surface area contributed by atoms with E-state index in [2.05, 4.69) is 0 Å². The molecule has 1 aromatic carbocycles. The molecule has 1 aromatic rings. The first kappa shape index (κ1) is 11.1. The second-order valence-corrected chi connectivity index (χ2v) is 4.28. The molecular weight excluding hydrogens is 235 g/mol. The lowest BCUT2D eigenvalue weighted by Crippen LogP contribution is -2.26. The van der Waals surface area contributed by atoms with Crippen LogP contribution in [0.5, 0.6) is 0 Å². The zero-order chi connectivity index (χ0) is 11.9. The maximum absolute atomic E-state index is 13.4. The molecule has 0 saturated heterocycles. The van der Waals surface area contributed by atoms with E-state index in [0.29, 0.717) is 0 Å². The molecule has 0 spiro atoms. The maximum Gasteiger partial charge on any atom is 0.317 e. The molecule has 0 radical (unpaired) electrons. The van der Waals surface area contributed by atoms with Crippen molar-refractivity contribution in [2.24, 2.45) is 5.41 Å². The molecule has 1 saturated carbocycles. The van der Waals surface area contributed by atoms with Crippen molar-refractivity contribution in [2.45, 2.75) is 12.8 Å². The first-order chi connectivity index (χ1) is 7.47. The van der Waals surface area contributed by atoms with Crippen molar-refractivity contribution in [1.29, 1.82) is 0 Å². The summed E-state index contributed by atoms with van der Waals surface area (Å²) < 4.78 is 13.4. The Kier molecular flexibility index (Phi) is 2.46. The van der Waals surface area contributed by atoms with Crippen molar-refractivity contribution in [3.05, 3.63) is 34.6 Å². The van der Waals surface area contributed by atoms with Gasteiger partial charge in [0.1, 0.15) is 11.2 Å². The van der Waals surface area contributed by atoms with Gasteiger partial charge in [0, 0.05) is 5.02 Å². The average Bonchev–Trinajstić information content (AvgIpc) is 3.01. The van der Waals surface area contributed by atoms with E-state index >= 15 is 0 Å². The molecule has 1 aliphatic rings. The minimum atomic E-state index is -1.43. The van der Waals surface area contributed by atoms with E-state index in [1.165, 1.54) is 12.1 Å². The second kappa shape index (κ2) is 3.56. The van der Waals surface area contributed by atoms with Crippen LogP contribution in [0.15, 0.2) is 18.2 Å². The molecule has 0 aliphatic heterocycles. The van der Waals surface area contributed by atoms with Crippen molar-refractivity contribution in [3.8, 4) is 0 Å². The highest BCUT2D eigenvalue weighted by Gasteiger charge is 2.57. The number of Topliss-reactive ketones (excluding diaryl/α,β-unsaturated/α-hetero) is 1. The van der Waals surface area contributed by atoms with Gasteiger partial charge < -0.3 is 5.11 Å². The molecule has 0 amide bonds. The van der Waals surface area contributed by atoms with Crippen molar-refractivity contribution in [3.63, 3.8) is 0 Å². The number of halogens is 2. The predicted octanol–water partition coefficient (Wildman–Crippen LogP) is 2.53. The largest absolute Gasteiger partial charge is 0.480 e. The number of aliphatic carboxylic acids is 1. The highest BCUT2D eigenvalue weighted by molar-refractivity contribution is 6.31. The molecule has 1 N–H and O–H groups in total. The van der Waals surface area contributed by atoms with Gasteiger partial charge in [-0.3, -0.25) is 9.59 Å². The third-order valence-electron chi connectivity index (χ3n) is 2.77. The van der Waals surface area contributed by atoms with E-state index in [4.69, 9.17) is 16.7 Å². The summed E-state index contributed by atoms with van der Waals surface area (Å²) in [5.74, 6) is -2.63. The topological polar surface area (TPSA) is 54.4 Å². The fourth-order valence-corrected chi connectivity index (χ4v) is 1.76. The molecule has 0 aromatic heterocycles. The highest BCUT2D eigenvalue weighted by Crippen LogP contribution is 2.48. The van der Waals surface area contributed by atoms with Crippen LogP contribution in [-0.4, -0.2) is 16.9 Å². The molecule has 0 bridgehead atoms. The number of carboxylic acid groups (broad SMARTS) is 1. The van der Waals surface area contributed by atoms with E-state index in [9.17, 15) is 14.0 Å². The number of carboxylic acids is 1. The van der Waals surface area contributed by atoms with E-state index in [-0.39, 0.29) is 23.4 Å². The monoisotopic (exact) mass is 242 g/mol. The summed E-state index contributed by atoms with van der Waals surface area (Å²) in [4.78, 5) is 22.8. The minimum absolute atomic E-state index is 0.214. The number of benzene rings is 1. The molecule has 3 nitrogen and oxygen atoms in total. The summed E-state index contributed by atoms with van der Waals surface area (Å²) in [5, 5.41) is 9.13. The summed E-state index contributed by atoms with van der Waals surface area (Å²) in [6.45, 7) is 0. The first-order valence-electron chi connectivity index (χ1n) is 4.70. The van der Waals surface area contributed by atoms with Crippen LogP contribution in [0.3, 0.4) is 0 Å². The Balaban J connectivity index is 2.42. The van der Waals surface area contributed by atoms with Gasteiger partial charge in [-0.05, 0) is 31.0 Å². The van der Waals surface area contributed by atoms with Crippen molar-refractivity contribution >= 4 is 23.4 Å². The number of carbonyl (C=O) groups excluding carboxylic acids is 1. The van der Waals surface area contributed by atoms with Crippen LogP contribution in [0.2, 0.25) is 5.02 Å². The van der Waals surface area contributed by atoms with Gasteiger partial charge in [-0.2, -0.15) is 0 Å². The lowest BCUT2D eigenvalue weighted by atomic mass is 9.94. The van der Waals surface area contributed by atoms with E-state index in [1.807, 2.05) is 0 Å². The Labute approximate surface area is 95.8 Å². The number of ketones is 1. The third kappa shape index (κ3) is 1.59. The average molecular weight is 243 g/mol. The van der Waals surface area contributed by atoms with E-state index < -0.39 is 23.0 Å². The van der Waals surface area contributed by atoms with Crippen LogP contribution in [0.25, 0.3) is 0 Å². The normalized spacial score (nSPS) is 16.9. The van der Waals surface area contributed by atoms with Gasteiger partial charge in [0.2, 0.25) is 0 Å². The van der Waals surface area contributed by atoms with Crippen LogP contribution < -0.4 is 0 Å². The van der Waals surface area contributed by atoms with Gasteiger partial charge in [-0.15, -0.1) is 0 Å². The molecule has 0 heterocycles. The molecule has 1 fully saturated rings. The lowest BCUT2D eigenvalue weighted by molar-refractivity contribution is -0.141. The zero-order valence-electron chi connectivity index (χ0n) is 8.17. The molecule has 84 valence electrons. The van der Waals surface area contributed by atoms with Crippen LogP contribution in [0.4, 0.5) is 4.39 Å². The van der Waals surface area contributed by atoms with Gasteiger partial charge in [-0.1, -0.05) is 11.6 Å². The van der Waals surface area contributed by atoms with Crippen molar-refractivity contribution < 1.29 is 19.1 Å². The lowest BCUT2D eigenvalue weighted by Gasteiger charge is -2.09. The molecule has 0 atom stereocenters. The maximum atomic E-state index is 13.4. The van der Waals surface area contributed by atoms with Crippen LogP contribution >= 0.6 is 11.6 Å². The van der Waals surface area contributed by atoms with Gasteiger partial charge in [0.05, 0.1) is 5.56 Å². The van der Waals surface area contributed by atoms with Crippen LogP contribution in [0, 0.1) is 11.2 Å². The molecule has 5 heteroatoms. The number of hydrogen-bond acceptors (Lipinski definition) is 2. The third-order valence-corrected chi connectivity index (χ3v) is 3.00. The number of rotatable bonds is 3. The smallest absolute Gasteiger partial charge is 0.317 e. The zero-order valence-corrected chi connectivity index (χ0v) is 8.92. The SMILES string of the molecule is O=C(O)C1(C(=O)c2cc(Cl)ccc2F)CC1. The minimum Gasteiger partial charge on any atom is -0.480 e. The van der Waals surface area contributed by atoms with Crippen LogP contribution in [0.1, 0.15) is 23.2 Å². The van der Waals surface area contributed by atoms with Crippen molar-refractivity contribution in [2.75, 3.05) is 0 Å². The van der Waals surface area contributed by atoms with Crippen molar-refractivity contribution in [1.82, 2.24) is 0 Å². The van der Waals surface area contributed by atoms with Gasteiger partial charge in [0.15, 0.2) is 5.78 Å². The number of carbonyl (C=O) groups is 2. The van der Waals surface area contributed by atoms with E-state index in [1.54, 1.807) is 0 Å². The van der Waals surface area contributed by atoms with Gasteiger partial charge in [0.25, 0.3) is 0 Å². The summed E-state index contributed by atoms with van der Waals surface area (Å²) >= 11 is 5.64. The Bertz CT molecular complexity index is 480. The Morgan fingerprint density at radius 2 is 2.00 bits per heavy atom. The van der Waals surface area contributed by atoms with Gasteiger partial charge >= 0.3 is 5.97 Å². The highest BCUT2D eigenvalue weighted by atomic mass is 35.5. The number of hydrogen-bond donors (Lipinski definition) is 1. The first-order valence-corrected chi connectivity index (χ1v) is 5.08. The van der Waals surface area contributed by atoms with Crippen LogP contribution in [-0.2, 0) is 4.79 Å². The summed E-state index contributed by atoms with van der Waals surface area (Å²) in [7, 11) is 0. The molecule has 0 unspecified atom stereocenters. The summed E-state index contributed by atoms with van der Waals surface area (Å²) in [5.41, 5.74) is -1.67. The molecule has 2 rings (SSSR count). The second-order valence-electron chi connectivity index (χ2n) is 3.84. The molecular formula is C11H8ClFO3. The summed E-state index contributed by atoms with van der Waals surface area (Å²) in [6, 6.07) is 3.55. The predicted molar refractivity (Wildman–Crippen MR) is 55.0 cm³/mol. The summed E-state index contributed by atoms with van der Waals surface area (Å²) in [6.07, 6.45) is 0.514. The molecule has 1 aliphatic carbocycles. The molecule has 16 heavy (non-hydrogen) atoms. The quantitative estimate of drug-likeness (QED) is 0.655. The Morgan fingerprint density at radius 3 is 2.50 bits per heavy atom. The van der Waals surface area contributed by atoms with Gasteiger partial charge in [-0.25, -0.2) is 4.39 Å². The van der Waals surface area contributed by atoms with E-state index in [0.717, 1.165) is 6.07 Å². The Morgan fingerprint density at radius 1 is 1.38 bits per heavy atom. The standard InChI is InChI=1S/C11H8ClFO3/c12-6-1-2-8(13)7(5-6)9(14)11(3-4-11)10(15)16/h1-2,5H,3-4H2,(H,15,16). The Hall–Kier alpha value is -1.42.